The van der Waals surface area contributed by atoms with Crippen molar-refractivity contribution in [2.45, 2.75) is 30.8 Å². The van der Waals surface area contributed by atoms with Gasteiger partial charge in [-0.2, -0.15) is 0 Å². The number of nitrogens with zero attached hydrogens (tertiary/aromatic N) is 1. The molecule has 0 radical (unpaired) electrons. The van der Waals surface area contributed by atoms with Gasteiger partial charge in [-0.05, 0) is 42.0 Å². The maximum absolute atomic E-state index is 12.7. The summed E-state index contributed by atoms with van der Waals surface area (Å²) in [4.78, 5) is 15.9. The Bertz CT molecular complexity index is 575. The van der Waals surface area contributed by atoms with Crippen molar-refractivity contribution >= 4 is 33.2 Å². The van der Waals surface area contributed by atoms with Gasteiger partial charge in [0.1, 0.15) is 0 Å². The first-order chi connectivity index (χ1) is 9.78. The Labute approximate surface area is 131 Å². The number of halogens is 1. The monoisotopic (exact) mass is 349 g/mol. The summed E-state index contributed by atoms with van der Waals surface area (Å²) in [5.41, 5.74) is 1.98. The predicted octanol–water partition coefficient (Wildman–Crippen LogP) is 4.45. The van der Waals surface area contributed by atoms with Crippen LogP contribution in [0.2, 0.25) is 0 Å². The van der Waals surface area contributed by atoms with E-state index in [-0.39, 0.29) is 5.91 Å². The first kappa shape index (κ1) is 13.8. The van der Waals surface area contributed by atoms with E-state index in [1.807, 2.05) is 35.2 Å². The lowest BCUT2D eigenvalue weighted by Crippen LogP contribution is -2.32. The van der Waals surface area contributed by atoms with Gasteiger partial charge in [0, 0.05) is 21.8 Å². The van der Waals surface area contributed by atoms with Crippen LogP contribution in [-0.4, -0.2) is 16.8 Å². The van der Waals surface area contributed by atoms with E-state index in [1.165, 1.54) is 10.4 Å². The largest absolute Gasteiger partial charge is 0.331 e. The highest BCUT2D eigenvalue weighted by Gasteiger charge is 2.33. The molecule has 104 valence electrons. The zero-order valence-corrected chi connectivity index (χ0v) is 13.5. The molecular weight excluding hydrogens is 334 g/mol. The molecule has 1 saturated carbocycles. The molecule has 0 bridgehead atoms. The minimum absolute atomic E-state index is 0.155. The topological polar surface area (TPSA) is 20.3 Å². The molecule has 1 aromatic heterocycles. The summed E-state index contributed by atoms with van der Waals surface area (Å²) in [7, 11) is 0. The third-order valence-corrected chi connectivity index (χ3v) is 5.02. The van der Waals surface area contributed by atoms with E-state index in [1.54, 1.807) is 11.3 Å². The molecule has 0 saturated heterocycles. The van der Waals surface area contributed by atoms with Gasteiger partial charge >= 0.3 is 0 Å². The fourth-order valence-electron chi connectivity index (χ4n) is 2.23. The minimum Gasteiger partial charge on any atom is -0.331 e. The first-order valence-electron chi connectivity index (χ1n) is 6.76. The van der Waals surface area contributed by atoms with Gasteiger partial charge in [0.2, 0.25) is 0 Å². The van der Waals surface area contributed by atoms with Gasteiger partial charge in [-0.3, -0.25) is 4.79 Å². The first-order valence-corrected chi connectivity index (χ1v) is 8.76. The molecular formula is C16H16BrNOS. The van der Waals surface area contributed by atoms with Crippen molar-refractivity contribution in [1.82, 2.24) is 4.90 Å². The van der Waals surface area contributed by atoms with E-state index in [4.69, 9.17) is 0 Å². The molecule has 3 rings (SSSR count). The zero-order valence-electron chi connectivity index (χ0n) is 11.1. The van der Waals surface area contributed by atoms with Crippen LogP contribution in [0.3, 0.4) is 0 Å². The van der Waals surface area contributed by atoms with Crippen LogP contribution >= 0.6 is 27.3 Å². The van der Waals surface area contributed by atoms with Gasteiger partial charge in [-0.1, -0.05) is 34.1 Å². The molecule has 4 heteroatoms. The fourth-order valence-corrected chi connectivity index (χ4v) is 3.30. The summed E-state index contributed by atoms with van der Waals surface area (Å²) in [6, 6.07) is 12.5. The average Bonchev–Trinajstić information content (AvgIpc) is 3.21. The molecule has 0 aliphatic heterocycles. The van der Waals surface area contributed by atoms with E-state index in [9.17, 15) is 4.79 Å². The summed E-state index contributed by atoms with van der Waals surface area (Å²) < 4.78 is 0. The third kappa shape index (κ3) is 3.13. The highest BCUT2D eigenvalue weighted by Crippen LogP contribution is 2.30. The average molecular weight is 350 g/mol. The Morgan fingerprint density at radius 1 is 1.25 bits per heavy atom. The lowest BCUT2D eigenvalue weighted by Gasteiger charge is -2.22. The smallest absolute Gasteiger partial charge is 0.254 e. The van der Waals surface area contributed by atoms with E-state index in [0.717, 1.165) is 30.3 Å². The second-order valence-electron chi connectivity index (χ2n) is 5.07. The number of rotatable bonds is 5. The number of alkyl halides is 1. The molecule has 2 nitrogen and oxygen atoms in total. The quantitative estimate of drug-likeness (QED) is 0.730. The number of benzene rings is 1. The molecule has 1 heterocycles. The van der Waals surface area contributed by atoms with Crippen molar-refractivity contribution in [1.29, 1.82) is 0 Å². The second kappa shape index (κ2) is 6.10. The van der Waals surface area contributed by atoms with E-state index < -0.39 is 0 Å². The number of amides is 1. The van der Waals surface area contributed by atoms with Crippen LogP contribution in [0, 0.1) is 0 Å². The van der Waals surface area contributed by atoms with Crippen molar-refractivity contribution in [3.8, 4) is 0 Å². The number of carbonyl (C=O) groups excluding carboxylic acids is 1. The van der Waals surface area contributed by atoms with Gasteiger partial charge in [0.25, 0.3) is 5.91 Å². The SMILES string of the molecule is O=C(c1ccc(CBr)cc1)N(Cc1cccs1)C1CC1. The lowest BCUT2D eigenvalue weighted by atomic mass is 10.1. The molecule has 1 aromatic carbocycles. The fraction of sp³-hybridized carbons (Fsp3) is 0.312. The number of hydrogen-bond donors (Lipinski definition) is 0. The Morgan fingerprint density at radius 2 is 2.00 bits per heavy atom. The standard InChI is InChI=1S/C16H16BrNOS/c17-10-12-3-5-13(6-4-12)16(19)18(14-7-8-14)11-15-2-1-9-20-15/h1-6,9,14H,7-8,10-11H2. The molecule has 1 amide bonds. The molecule has 2 aromatic rings. The van der Waals surface area contributed by atoms with Crippen molar-refractivity contribution in [2.24, 2.45) is 0 Å². The molecule has 1 fully saturated rings. The summed E-state index contributed by atoms with van der Waals surface area (Å²) in [6.07, 6.45) is 2.27. The van der Waals surface area contributed by atoms with Crippen LogP contribution in [0.25, 0.3) is 0 Å². The van der Waals surface area contributed by atoms with Crippen LogP contribution in [-0.2, 0) is 11.9 Å². The van der Waals surface area contributed by atoms with Crippen LogP contribution in [0.1, 0.15) is 33.6 Å². The maximum Gasteiger partial charge on any atom is 0.254 e. The van der Waals surface area contributed by atoms with Gasteiger partial charge in [-0.15, -0.1) is 11.3 Å². The Hall–Kier alpha value is -1.13. The lowest BCUT2D eigenvalue weighted by molar-refractivity contribution is 0.0731. The van der Waals surface area contributed by atoms with E-state index in [0.29, 0.717) is 6.04 Å². The van der Waals surface area contributed by atoms with E-state index >= 15 is 0 Å². The van der Waals surface area contributed by atoms with Crippen molar-refractivity contribution < 1.29 is 4.79 Å². The van der Waals surface area contributed by atoms with E-state index in [2.05, 4.69) is 27.4 Å². The Morgan fingerprint density at radius 3 is 2.55 bits per heavy atom. The second-order valence-corrected chi connectivity index (χ2v) is 6.67. The van der Waals surface area contributed by atoms with Crippen LogP contribution in [0.5, 0.6) is 0 Å². The van der Waals surface area contributed by atoms with Gasteiger partial charge < -0.3 is 4.90 Å². The van der Waals surface area contributed by atoms with Crippen molar-refractivity contribution in [3.05, 3.63) is 57.8 Å². The minimum atomic E-state index is 0.155. The normalized spacial score (nSPS) is 14.2. The number of thiophene rings is 1. The molecule has 0 atom stereocenters. The highest BCUT2D eigenvalue weighted by molar-refractivity contribution is 9.08. The summed E-state index contributed by atoms with van der Waals surface area (Å²) >= 11 is 5.14. The van der Waals surface area contributed by atoms with Crippen LogP contribution in [0.4, 0.5) is 0 Å². The van der Waals surface area contributed by atoms with Gasteiger partial charge in [0.15, 0.2) is 0 Å². The summed E-state index contributed by atoms with van der Waals surface area (Å²) in [6.45, 7) is 0.737. The van der Waals surface area contributed by atoms with Crippen molar-refractivity contribution in [3.63, 3.8) is 0 Å². The van der Waals surface area contributed by atoms with Crippen LogP contribution < -0.4 is 0 Å². The number of carbonyl (C=O) groups is 1. The molecule has 1 aliphatic rings. The molecule has 20 heavy (non-hydrogen) atoms. The zero-order chi connectivity index (χ0) is 13.9. The molecule has 0 unspecified atom stereocenters. The van der Waals surface area contributed by atoms with Crippen molar-refractivity contribution in [2.75, 3.05) is 0 Å². The van der Waals surface area contributed by atoms with Gasteiger partial charge in [0.05, 0.1) is 6.54 Å². The highest BCUT2D eigenvalue weighted by atomic mass is 79.9. The molecule has 1 aliphatic carbocycles. The summed E-state index contributed by atoms with van der Waals surface area (Å²) in [5.74, 6) is 0.155. The molecule has 0 spiro atoms. The number of hydrogen-bond acceptors (Lipinski definition) is 2. The van der Waals surface area contributed by atoms with Crippen LogP contribution in [0.15, 0.2) is 41.8 Å². The Balaban J connectivity index is 1.77. The molecule has 0 N–H and O–H groups in total. The predicted molar refractivity (Wildman–Crippen MR) is 86.3 cm³/mol. The summed E-state index contributed by atoms with van der Waals surface area (Å²) in [5, 5.41) is 2.89. The van der Waals surface area contributed by atoms with Gasteiger partial charge in [-0.25, -0.2) is 0 Å². The Kier molecular flexibility index (Phi) is 4.22. The third-order valence-electron chi connectivity index (χ3n) is 3.51. The maximum atomic E-state index is 12.7.